The second-order valence-corrected chi connectivity index (χ2v) is 8.81. The van der Waals surface area contributed by atoms with Crippen molar-refractivity contribution >= 4 is 17.3 Å². The van der Waals surface area contributed by atoms with Gasteiger partial charge in [-0.2, -0.15) is 0 Å². The molecule has 4 rings (SSSR count). The highest BCUT2D eigenvalue weighted by Crippen LogP contribution is 2.33. The van der Waals surface area contributed by atoms with E-state index in [2.05, 4.69) is 41.5 Å². The van der Waals surface area contributed by atoms with Gasteiger partial charge in [-0.25, -0.2) is 9.97 Å². The third kappa shape index (κ3) is 7.44. The minimum atomic E-state index is -0.738. The molecule has 2 heterocycles. The summed E-state index contributed by atoms with van der Waals surface area (Å²) in [6, 6.07) is 17.4. The number of hydrogen-bond acceptors (Lipinski definition) is 6. The fourth-order valence-electron chi connectivity index (χ4n) is 4.01. The van der Waals surface area contributed by atoms with E-state index in [1.54, 1.807) is 12.4 Å². The van der Waals surface area contributed by atoms with Crippen molar-refractivity contribution in [1.82, 2.24) is 14.4 Å². The van der Waals surface area contributed by atoms with Gasteiger partial charge < -0.3 is 20.9 Å². The van der Waals surface area contributed by atoms with E-state index in [0.29, 0.717) is 35.1 Å². The summed E-state index contributed by atoms with van der Waals surface area (Å²) < 4.78 is 7.85. The number of imidazole rings is 1. The second-order valence-electron chi connectivity index (χ2n) is 8.81. The van der Waals surface area contributed by atoms with Crippen molar-refractivity contribution in [2.24, 2.45) is 0 Å². The topological polar surface area (TPSA) is 97.7 Å². The maximum absolute atomic E-state index is 10.8. The Labute approximate surface area is 218 Å². The number of nitrogens with one attached hydrogen (secondary N) is 1. The summed E-state index contributed by atoms with van der Waals surface area (Å²) in [5, 5.41) is 14.1. The first-order valence-electron chi connectivity index (χ1n) is 12.9. The van der Waals surface area contributed by atoms with Gasteiger partial charge in [-0.15, -0.1) is 0 Å². The molecule has 2 aromatic carbocycles. The molecule has 4 aromatic rings. The van der Waals surface area contributed by atoms with E-state index in [1.165, 1.54) is 0 Å². The van der Waals surface area contributed by atoms with Crippen molar-refractivity contribution < 1.29 is 9.84 Å². The van der Waals surface area contributed by atoms with Crippen molar-refractivity contribution in [3.05, 3.63) is 91.3 Å². The van der Waals surface area contributed by atoms with Gasteiger partial charge in [0.15, 0.2) is 5.65 Å². The van der Waals surface area contributed by atoms with Crippen LogP contribution in [0.2, 0.25) is 0 Å². The molecule has 1 atom stereocenters. The van der Waals surface area contributed by atoms with Crippen molar-refractivity contribution in [3.63, 3.8) is 0 Å². The minimum absolute atomic E-state index is 0.370. The number of aromatic nitrogens is 3. The smallest absolute Gasteiger partial charge is 0.157 e. The van der Waals surface area contributed by atoms with Crippen LogP contribution in [0.25, 0.3) is 16.9 Å². The highest BCUT2D eigenvalue weighted by molar-refractivity contribution is 5.77. The molecule has 1 unspecified atom stereocenters. The molecule has 0 aliphatic heterocycles. The summed E-state index contributed by atoms with van der Waals surface area (Å²) in [5.74, 6) is 2.48. The Hall–Kier alpha value is -4.10. The Kier molecular flexibility index (Phi) is 9.32. The molecule has 0 saturated carbocycles. The predicted molar refractivity (Wildman–Crippen MR) is 151 cm³/mol. The van der Waals surface area contributed by atoms with E-state index in [9.17, 15) is 5.11 Å². The Morgan fingerprint density at radius 3 is 2.57 bits per heavy atom. The number of aliphatic hydroxyl groups excluding tert-OH is 1. The van der Waals surface area contributed by atoms with Crippen molar-refractivity contribution in [3.8, 4) is 22.8 Å². The number of unbranched alkanes of at least 4 members (excludes halogenated alkanes) is 2. The van der Waals surface area contributed by atoms with Gasteiger partial charge in [0, 0.05) is 5.56 Å². The van der Waals surface area contributed by atoms with Crippen LogP contribution in [-0.2, 0) is 0 Å². The van der Waals surface area contributed by atoms with Gasteiger partial charge >= 0.3 is 0 Å². The number of nitrogen functional groups attached to an aromatic ring is 1. The van der Waals surface area contributed by atoms with Crippen LogP contribution in [0, 0.1) is 0 Å². The average Bonchev–Trinajstić information content (AvgIpc) is 3.25. The molecule has 192 valence electrons. The molecule has 0 fully saturated rings. The highest BCUT2D eigenvalue weighted by atomic mass is 16.5. The van der Waals surface area contributed by atoms with Crippen LogP contribution in [0.3, 0.4) is 0 Å². The van der Waals surface area contributed by atoms with Crippen LogP contribution in [0.1, 0.15) is 45.4 Å². The first-order valence-corrected chi connectivity index (χ1v) is 12.9. The summed E-state index contributed by atoms with van der Waals surface area (Å²) in [7, 11) is 0. The van der Waals surface area contributed by atoms with E-state index in [1.807, 2.05) is 59.0 Å². The molecule has 0 aliphatic carbocycles. The number of benzene rings is 2. The van der Waals surface area contributed by atoms with Gasteiger partial charge in [0.05, 0.1) is 12.4 Å². The monoisotopic (exact) mass is 497 g/mol. The van der Waals surface area contributed by atoms with Gasteiger partial charge in [-0.1, -0.05) is 61.6 Å². The van der Waals surface area contributed by atoms with Crippen molar-refractivity contribution in [2.75, 3.05) is 11.1 Å². The summed E-state index contributed by atoms with van der Waals surface area (Å²) in [5.41, 5.74) is 8.13. The summed E-state index contributed by atoms with van der Waals surface area (Å²) >= 11 is 0. The first kappa shape index (κ1) is 26.0. The quantitative estimate of drug-likeness (QED) is 0.105. The number of anilines is 2. The zero-order valence-corrected chi connectivity index (χ0v) is 21.3. The van der Waals surface area contributed by atoms with E-state index < -0.39 is 6.23 Å². The highest BCUT2D eigenvalue weighted by Gasteiger charge is 2.18. The molecule has 2 aromatic heterocycles. The number of rotatable bonds is 13. The lowest BCUT2D eigenvalue weighted by Gasteiger charge is -2.15. The van der Waals surface area contributed by atoms with Crippen LogP contribution >= 0.6 is 0 Å². The van der Waals surface area contributed by atoms with Crippen molar-refractivity contribution in [1.29, 1.82) is 0 Å². The normalized spacial score (nSPS) is 12.5. The number of ether oxygens (including phenoxy) is 1. The predicted octanol–water partition coefficient (Wildman–Crippen LogP) is 6.97. The molecule has 7 heteroatoms. The Morgan fingerprint density at radius 2 is 1.76 bits per heavy atom. The van der Waals surface area contributed by atoms with Crippen LogP contribution in [0.4, 0.5) is 11.6 Å². The maximum atomic E-state index is 10.8. The van der Waals surface area contributed by atoms with E-state index >= 15 is 0 Å². The number of nitrogens with two attached hydrogens (primary N) is 1. The fraction of sp³-hybridized carbons (Fsp3) is 0.267. The molecule has 0 saturated heterocycles. The summed E-state index contributed by atoms with van der Waals surface area (Å²) in [6.07, 6.45) is 17.0. The van der Waals surface area contributed by atoms with Crippen LogP contribution in [0.5, 0.6) is 11.5 Å². The van der Waals surface area contributed by atoms with Gasteiger partial charge in [0.1, 0.15) is 35.1 Å². The van der Waals surface area contributed by atoms with Crippen LogP contribution in [-0.4, -0.2) is 25.7 Å². The zero-order chi connectivity index (χ0) is 25.9. The first-order chi connectivity index (χ1) is 18.1. The number of nitrogens with zero attached hydrogens (tertiary/aromatic N) is 3. The molecule has 0 radical (unpaired) electrons. The number of aliphatic hydroxyl groups is 1. The third-order valence-electron chi connectivity index (χ3n) is 5.84. The van der Waals surface area contributed by atoms with Crippen molar-refractivity contribution in [2.45, 2.75) is 51.7 Å². The van der Waals surface area contributed by atoms with Crippen LogP contribution in [0.15, 0.2) is 91.3 Å². The lowest BCUT2D eigenvalue weighted by Crippen LogP contribution is -2.20. The average molecular weight is 498 g/mol. The van der Waals surface area contributed by atoms with Gasteiger partial charge in [-0.05, 0) is 62.8 Å². The standard InChI is InChI=1S/C30H35N5O2/c1-2-3-4-5-6-7-8-9-13-19-28(36)34-30-29(33-27-21-32-26(31)22-35(27)30)23-15-14-18-25(20-23)37-24-16-11-10-12-17-24/h3-4,7-8,10-12,14-18,20-22,28,34,36H,2,5-6,9,13,19,31H2,1H3/b4-3-,8-7-. The molecular formula is C30H35N5O2. The maximum Gasteiger partial charge on any atom is 0.157 e. The number of fused-ring (bicyclic) bond motifs is 1. The second kappa shape index (κ2) is 13.3. The van der Waals surface area contributed by atoms with Gasteiger partial charge in [0.25, 0.3) is 0 Å². The Morgan fingerprint density at radius 1 is 1.00 bits per heavy atom. The van der Waals surface area contributed by atoms with E-state index in [-0.39, 0.29) is 0 Å². The largest absolute Gasteiger partial charge is 0.457 e. The summed E-state index contributed by atoms with van der Waals surface area (Å²) in [4.78, 5) is 8.95. The Balaban J connectivity index is 1.47. The summed E-state index contributed by atoms with van der Waals surface area (Å²) in [6.45, 7) is 2.14. The number of allylic oxidation sites excluding steroid dienone is 4. The van der Waals surface area contributed by atoms with Crippen LogP contribution < -0.4 is 15.8 Å². The Bertz CT molecular complexity index is 1330. The fourth-order valence-corrected chi connectivity index (χ4v) is 4.01. The SMILES string of the molecule is CC/C=C\CC/C=C\CCCC(O)Nc1c(-c2cccc(Oc3ccccc3)c2)nc2cnc(N)cn12. The number of para-hydroxylation sites is 1. The molecule has 0 spiro atoms. The third-order valence-corrected chi connectivity index (χ3v) is 5.84. The van der Waals surface area contributed by atoms with E-state index in [0.717, 1.165) is 43.4 Å². The lowest BCUT2D eigenvalue weighted by atomic mass is 10.1. The molecule has 0 amide bonds. The van der Waals surface area contributed by atoms with Gasteiger partial charge in [-0.3, -0.25) is 4.40 Å². The zero-order valence-electron chi connectivity index (χ0n) is 21.3. The molecular weight excluding hydrogens is 462 g/mol. The minimum Gasteiger partial charge on any atom is -0.457 e. The molecule has 0 bridgehead atoms. The molecule has 0 aliphatic rings. The van der Waals surface area contributed by atoms with Gasteiger partial charge in [0.2, 0.25) is 0 Å². The molecule has 4 N–H and O–H groups in total. The van der Waals surface area contributed by atoms with E-state index in [4.69, 9.17) is 15.5 Å². The lowest BCUT2D eigenvalue weighted by molar-refractivity contribution is 0.190. The molecule has 37 heavy (non-hydrogen) atoms. The number of hydrogen-bond donors (Lipinski definition) is 3. The molecule has 7 nitrogen and oxygen atoms in total.